The Morgan fingerprint density at radius 3 is 2.16 bits per heavy atom. The molecule has 0 bridgehead atoms. The predicted molar refractivity (Wildman–Crippen MR) is 83.6 cm³/mol. The zero-order chi connectivity index (χ0) is 13.7. The van der Waals surface area contributed by atoms with Crippen molar-refractivity contribution in [2.75, 3.05) is 13.1 Å². The largest absolute Gasteiger partial charge is 0.308 e. The van der Waals surface area contributed by atoms with Crippen molar-refractivity contribution < 1.29 is 0 Å². The first-order valence-corrected chi connectivity index (χ1v) is 8.75. The lowest BCUT2D eigenvalue weighted by Gasteiger charge is -2.50. The normalized spacial score (nSPS) is 30.2. The van der Waals surface area contributed by atoms with Gasteiger partial charge in [-0.3, -0.25) is 4.90 Å². The highest BCUT2D eigenvalue weighted by atomic mass is 15.3. The number of hydrogen-bond donors (Lipinski definition) is 1. The zero-order valence-electron chi connectivity index (χ0n) is 13.4. The molecular weight excluding hydrogens is 232 g/mol. The van der Waals surface area contributed by atoms with E-state index in [9.17, 15) is 0 Å². The van der Waals surface area contributed by atoms with Gasteiger partial charge in [-0.25, -0.2) is 0 Å². The maximum Gasteiger partial charge on any atom is 0.0304 e. The summed E-state index contributed by atoms with van der Waals surface area (Å²) in [7, 11) is 0. The average Bonchev–Trinajstić information content (AvgIpc) is 2.75. The van der Waals surface area contributed by atoms with Crippen LogP contribution in [0.3, 0.4) is 0 Å². The SMILES string of the molecule is CCC1CNC(CC)(CC)CN1C1CCCCCC1. The lowest BCUT2D eigenvalue weighted by Crippen LogP contribution is -2.65. The van der Waals surface area contributed by atoms with Gasteiger partial charge in [0.05, 0.1) is 0 Å². The summed E-state index contributed by atoms with van der Waals surface area (Å²) in [5.41, 5.74) is 0.387. The van der Waals surface area contributed by atoms with Crippen molar-refractivity contribution in [1.29, 1.82) is 0 Å². The minimum atomic E-state index is 0.387. The highest BCUT2D eigenvalue weighted by Crippen LogP contribution is 2.30. The zero-order valence-corrected chi connectivity index (χ0v) is 13.4. The molecular formula is C17H34N2. The summed E-state index contributed by atoms with van der Waals surface area (Å²) < 4.78 is 0. The van der Waals surface area contributed by atoms with Crippen molar-refractivity contribution in [1.82, 2.24) is 10.2 Å². The second-order valence-electron chi connectivity index (χ2n) is 6.75. The number of nitrogens with zero attached hydrogens (tertiary/aromatic N) is 1. The molecule has 1 heterocycles. The maximum atomic E-state index is 3.88. The van der Waals surface area contributed by atoms with Crippen LogP contribution >= 0.6 is 0 Å². The third-order valence-corrected chi connectivity index (χ3v) is 5.79. The molecule has 2 aliphatic rings. The summed E-state index contributed by atoms with van der Waals surface area (Å²) in [4.78, 5) is 2.90. The van der Waals surface area contributed by atoms with Crippen LogP contribution in [0.1, 0.15) is 78.6 Å². The number of piperazine rings is 1. The number of rotatable bonds is 4. The third kappa shape index (κ3) is 3.52. The van der Waals surface area contributed by atoms with Gasteiger partial charge in [-0.15, -0.1) is 0 Å². The Bertz CT molecular complexity index is 252. The number of hydrogen-bond acceptors (Lipinski definition) is 2. The van der Waals surface area contributed by atoms with E-state index in [0.29, 0.717) is 5.54 Å². The van der Waals surface area contributed by atoms with Gasteiger partial charge >= 0.3 is 0 Å². The van der Waals surface area contributed by atoms with E-state index in [4.69, 9.17) is 0 Å². The highest BCUT2D eigenvalue weighted by Gasteiger charge is 2.38. The molecule has 1 saturated heterocycles. The molecule has 19 heavy (non-hydrogen) atoms. The maximum absolute atomic E-state index is 3.88. The first-order valence-electron chi connectivity index (χ1n) is 8.75. The standard InChI is InChI=1S/C17H34N2/c1-4-15-13-18-17(5-2,6-3)14-19(15)16-11-9-7-8-10-12-16/h15-16,18H,4-14H2,1-3H3. The molecule has 0 aromatic rings. The molecule has 0 radical (unpaired) electrons. The molecule has 1 aliphatic heterocycles. The van der Waals surface area contributed by atoms with Crippen LogP contribution in [0, 0.1) is 0 Å². The molecule has 1 atom stereocenters. The van der Waals surface area contributed by atoms with Gasteiger partial charge in [0, 0.05) is 30.7 Å². The quantitative estimate of drug-likeness (QED) is 0.775. The van der Waals surface area contributed by atoms with Gasteiger partial charge in [0.25, 0.3) is 0 Å². The van der Waals surface area contributed by atoms with Crippen LogP contribution in [0.4, 0.5) is 0 Å². The van der Waals surface area contributed by atoms with Crippen LogP contribution in [0.5, 0.6) is 0 Å². The second-order valence-corrected chi connectivity index (χ2v) is 6.75. The molecule has 2 rings (SSSR count). The van der Waals surface area contributed by atoms with Crippen LogP contribution in [0.25, 0.3) is 0 Å². The smallest absolute Gasteiger partial charge is 0.0304 e. The van der Waals surface area contributed by atoms with Crippen molar-refractivity contribution in [2.45, 2.75) is 96.2 Å². The molecule has 1 N–H and O–H groups in total. The summed E-state index contributed by atoms with van der Waals surface area (Å²) in [6.07, 6.45) is 12.6. The van der Waals surface area contributed by atoms with Gasteiger partial charge in [-0.2, -0.15) is 0 Å². The monoisotopic (exact) mass is 266 g/mol. The van der Waals surface area contributed by atoms with E-state index in [-0.39, 0.29) is 0 Å². The first-order chi connectivity index (χ1) is 9.24. The molecule has 2 fully saturated rings. The lowest BCUT2D eigenvalue weighted by atomic mass is 9.86. The van der Waals surface area contributed by atoms with E-state index in [1.54, 1.807) is 0 Å². The van der Waals surface area contributed by atoms with Gasteiger partial charge in [-0.1, -0.05) is 46.5 Å². The van der Waals surface area contributed by atoms with Crippen molar-refractivity contribution in [3.8, 4) is 0 Å². The molecule has 0 aromatic carbocycles. The molecule has 1 unspecified atom stereocenters. The van der Waals surface area contributed by atoms with Gasteiger partial charge in [0.15, 0.2) is 0 Å². The molecule has 1 saturated carbocycles. The first kappa shape index (κ1) is 15.3. The Kier molecular flexibility index (Phi) is 5.70. The molecule has 112 valence electrons. The van der Waals surface area contributed by atoms with Gasteiger partial charge in [0.1, 0.15) is 0 Å². The van der Waals surface area contributed by atoms with Gasteiger partial charge in [-0.05, 0) is 32.1 Å². The van der Waals surface area contributed by atoms with E-state index in [1.807, 2.05) is 0 Å². The van der Waals surface area contributed by atoms with Crippen molar-refractivity contribution in [3.63, 3.8) is 0 Å². The Balaban J connectivity index is 2.08. The van der Waals surface area contributed by atoms with E-state index in [0.717, 1.165) is 12.1 Å². The average molecular weight is 266 g/mol. The molecule has 0 spiro atoms. The van der Waals surface area contributed by atoms with Gasteiger partial charge < -0.3 is 5.32 Å². The molecule has 2 nitrogen and oxygen atoms in total. The fourth-order valence-corrected chi connectivity index (χ4v) is 4.11. The Hall–Kier alpha value is -0.0800. The summed E-state index contributed by atoms with van der Waals surface area (Å²) in [6.45, 7) is 9.56. The minimum Gasteiger partial charge on any atom is -0.308 e. The predicted octanol–water partition coefficient (Wildman–Crippen LogP) is 3.95. The summed E-state index contributed by atoms with van der Waals surface area (Å²) in [6, 6.07) is 1.64. The molecule has 0 aromatic heterocycles. The van der Waals surface area contributed by atoms with Crippen molar-refractivity contribution in [3.05, 3.63) is 0 Å². The second kappa shape index (κ2) is 7.08. The Morgan fingerprint density at radius 2 is 1.63 bits per heavy atom. The van der Waals surface area contributed by atoms with Crippen molar-refractivity contribution >= 4 is 0 Å². The van der Waals surface area contributed by atoms with Crippen LogP contribution in [-0.2, 0) is 0 Å². The summed E-state index contributed by atoms with van der Waals surface area (Å²) in [5.74, 6) is 0. The van der Waals surface area contributed by atoms with Crippen LogP contribution in [0.2, 0.25) is 0 Å². The van der Waals surface area contributed by atoms with Crippen LogP contribution in [0.15, 0.2) is 0 Å². The van der Waals surface area contributed by atoms with Crippen LogP contribution < -0.4 is 5.32 Å². The Morgan fingerprint density at radius 1 is 1.00 bits per heavy atom. The van der Waals surface area contributed by atoms with E-state index in [1.165, 1.54) is 70.9 Å². The third-order valence-electron chi connectivity index (χ3n) is 5.79. The minimum absolute atomic E-state index is 0.387. The summed E-state index contributed by atoms with van der Waals surface area (Å²) >= 11 is 0. The molecule has 2 heteroatoms. The fourth-order valence-electron chi connectivity index (χ4n) is 4.11. The topological polar surface area (TPSA) is 15.3 Å². The summed E-state index contributed by atoms with van der Waals surface area (Å²) in [5, 5.41) is 3.88. The van der Waals surface area contributed by atoms with E-state index < -0.39 is 0 Å². The van der Waals surface area contributed by atoms with Crippen LogP contribution in [-0.4, -0.2) is 35.6 Å². The lowest BCUT2D eigenvalue weighted by molar-refractivity contribution is 0.0292. The van der Waals surface area contributed by atoms with E-state index in [2.05, 4.69) is 31.0 Å². The van der Waals surface area contributed by atoms with Crippen molar-refractivity contribution in [2.24, 2.45) is 0 Å². The van der Waals surface area contributed by atoms with Gasteiger partial charge in [0.2, 0.25) is 0 Å². The van der Waals surface area contributed by atoms with E-state index >= 15 is 0 Å². The number of nitrogens with one attached hydrogen (secondary N) is 1. The molecule has 1 aliphatic carbocycles. The highest BCUT2D eigenvalue weighted by molar-refractivity contribution is 4.98. The Labute approximate surface area is 120 Å². The molecule has 0 amide bonds. The fraction of sp³-hybridized carbons (Fsp3) is 1.00.